The number of aryl methyl sites for hydroxylation is 3. The van der Waals surface area contributed by atoms with Gasteiger partial charge in [-0.2, -0.15) is 0 Å². The second-order valence-electron chi connectivity index (χ2n) is 16.7. The Balaban J connectivity index is 1.23. The lowest BCUT2D eigenvalue weighted by Crippen LogP contribution is -2.14. The van der Waals surface area contributed by atoms with Crippen LogP contribution in [0.15, 0.2) is 224 Å². The standard InChI is InChI=1S/C61H46N2/c1-41-18-16-17-27-55(41)63(58-39-49(31-29-43(58)3)45-21-10-5-11-22-45)59-40-54(46-23-12-6-13-24-46)51-35-36-52-56(37-33-47-32-34-53(59)61(51)60(47)52)62(50-25-14-7-15-26-50)57-38-48(30-28-42(57)2)44-19-8-4-9-20-44/h4-40H,1-3H3. The molecule has 0 aliphatic carbocycles. The van der Waals surface area contributed by atoms with E-state index < -0.39 is 0 Å². The third kappa shape index (κ3) is 6.68. The summed E-state index contributed by atoms with van der Waals surface area (Å²) in [5, 5.41) is 7.40. The Morgan fingerprint density at radius 1 is 0.270 bits per heavy atom. The summed E-state index contributed by atoms with van der Waals surface area (Å²) in [6.45, 7) is 6.69. The molecule has 0 heterocycles. The Labute approximate surface area is 369 Å². The summed E-state index contributed by atoms with van der Waals surface area (Å²) in [7, 11) is 0. The molecule has 0 aromatic heterocycles. The van der Waals surface area contributed by atoms with E-state index in [0.29, 0.717) is 0 Å². The molecule has 0 fully saturated rings. The van der Waals surface area contributed by atoms with Crippen molar-refractivity contribution in [1.29, 1.82) is 0 Å². The minimum atomic E-state index is 1.12. The van der Waals surface area contributed by atoms with Gasteiger partial charge in [0.1, 0.15) is 0 Å². The smallest absolute Gasteiger partial charge is 0.0547 e. The molecule has 0 N–H and O–H groups in total. The summed E-state index contributed by atoms with van der Waals surface area (Å²) >= 11 is 0. The Morgan fingerprint density at radius 2 is 0.746 bits per heavy atom. The lowest BCUT2D eigenvalue weighted by molar-refractivity contribution is 1.24. The summed E-state index contributed by atoms with van der Waals surface area (Å²) < 4.78 is 0. The first kappa shape index (κ1) is 38.0. The van der Waals surface area contributed by atoms with Crippen LogP contribution in [0.3, 0.4) is 0 Å². The molecule has 0 atom stereocenters. The molecule has 63 heavy (non-hydrogen) atoms. The van der Waals surface area contributed by atoms with E-state index in [1.807, 2.05) is 0 Å². The minimum absolute atomic E-state index is 1.12. The minimum Gasteiger partial charge on any atom is -0.310 e. The van der Waals surface area contributed by atoms with Crippen LogP contribution in [-0.4, -0.2) is 0 Å². The number of benzene rings is 11. The molecule has 0 aliphatic rings. The maximum absolute atomic E-state index is 2.52. The molecule has 11 aromatic carbocycles. The van der Waals surface area contributed by atoms with Gasteiger partial charge in [0.05, 0.1) is 11.4 Å². The molecule has 2 heteroatoms. The second-order valence-corrected chi connectivity index (χ2v) is 16.7. The monoisotopic (exact) mass is 806 g/mol. The van der Waals surface area contributed by atoms with Crippen LogP contribution in [0.5, 0.6) is 0 Å². The quantitative estimate of drug-likeness (QED) is 0.134. The average Bonchev–Trinajstić information content (AvgIpc) is 3.34. The molecule has 0 amide bonds. The molecule has 0 spiro atoms. The first-order chi connectivity index (χ1) is 31.0. The highest BCUT2D eigenvalue weighted by Gasteiger charge is 2.26. The molecular weight excluding hydrogens is 761 g/mol. The van der Waals surface area contributed by atoms with Crippen molar-refractivity contribution >= 4 is 66.4 Å². The number of hydrogen-bond acceptors (Lipinski definition) is 2. The summed E-state index contributed by atoms with van der Waals surface area (Å²) in [4.78, 5) is 4.98. The molecule has 0 aliphatic heterocycles. The van der Waals surface area contributed by atoms with Gasteiger partial charge in [-0.05, 0) is 129 Å². The second kappa shape index (κ2) is 15.8. The van der Waals surface area contributed by atoms with Gasteiger partial charge in [-0.3, -0.25) is 0 Å². The normalized spacial score (nSPS) is 11.4. The Morgan fingerprint density at radius 3 is 1.37 bits per heavy atom. The molecule has 0 saturated heterocycles. The van der Waals surface area contributed by atoms with E-state index in [1.165, 1.54) is 82.4 Å². The molecule has 11 aromatic rings. The number of nitrogens with zero attached hydrogens (tertiary/aromatic N) is 2. The summed E-state index contributed by atoms with van der Waals surface area (Å²) in [5.74, 6) is 0. The van der Waals surface area contributed by atoms with Crippen LogP contribution in [-0.2, 0) is 0 Å². The van der Waals surface area contributed by atoms with Gasteiger partial charge < -0.3 is 9.80 Å². The van der Waals surface area contributed by atoms with Crippen LogP contribution in [0.2, 0.25) is 0 Å². The van der Waals surface area contributed by atoms with Crippen molar-refractivity contribution in [2.45, 2.75) is 20.8 Å². The van der Waals surface area contributed by atoms with Gasteiger partial charge in [-0.1, -0.05) is 182 Å². The van der Waals surface area contributed by atoms with Gasteiger partial charge in [0, 0.05) is 38.9 Å². The maximum atomic E-state index is 2.52. The SMILES string of the molecule is Cc1ccc(-c2ccccc2)cc1N(c1ccccc1)c1ccc2ccc3c(N(c4ccccc4C)c4cc(-c5ccccc5)ccc4C)cc(-c4ccccc4)c4ccc1c2c43. The Hall–Kier alpha value is -7.94. The summed E-state index contributed by atoms with van der Waals surface area (Å²) in [5.41, 5.74) is 17.7. The molecule has 0 unspecified atom stereocenters. The first-order valence-corrected chi connectivity index (χ1v) is 21.8. The Kier molecular flexibility index (Phi) is 9.55. The number of rotatable bonds is 9. The van der Waals surface area contributed by atoms with E-state index in [1.54, 1.807) is 0 Å². The number of para-hydroxylation sites is 2. The van der Waals surface area contributed by atoms with Crippen molar-refractivity contribution in [2.24, 2.45) is 0 Å². The van der Waals surface area contributed by atoms with Crippen molar-refractivity contribution in [3.63, 3.8) is 0 Å². The summed E-state index contributed by atoms with van der Waals surface area (Å²) in [6.07, 6.45) is 0. The van der Waals surface area contributed by atoms with Crippen LogP contribution in [0.1, 0.15) is 16.7 Å². The third-order valence-electron chi connectivity index (χ3n) is 12.8. The zero-order valence-corrected chi connectivity index (χ0v) is 35.8. The first-order valence-electron chi connectivity index (χ1n) is 21.8. The fourth-order valence-corrected chi connectivity index (χ4v) is 9.61. The molecule has 0 saturated carbocycles. The maximum Gasteiger partial charge on any atom is 0.0547 e. The van der Waals surface area contributed by atoms with Crippen molar-refractivity contribution in [3.05, 3.63) is 241 Å². The lowest BCUT2D eigenvalue weighted by atomic mass is 9.87. The van der Waals surface area contributed by atoms with E-state index in [2.05, 4.69) is 255 Å². The van der Waals surface area contributed by atoms with Crippen LogP contribution >= 0.6 is 0 Å². The van der Waals surface area contributed by atoms with Crippen LogP contribution in [0.25, 0.3) is 65.7 Å². The van der Waals surface area contributed by atoms with E-state index in [9.17, 15) is 0 Å². The predicted molar refractivity (Wildman–Crippen MR) is 270 cm³/mol. The van der Waals surface area contributed by atoms with E-state index in [-0.39, 0.29) is 0 Å². The van der Waals surface area contributed by atoms with E-state index in [0.717, 1.165) is 34.1 Å². The fourth-order valence-electron chi connectivity index (χ4n) is 9.61. The molecular formula is C61H46N2. The zero-order chi connectivity index (χ0) is 42.4. The van der Waals surface area contributed by atoms with E-state index in [4.69, 9.17) is 0 Å². The molecule has 11 rings (SSSR count). The van der Waals surface area contributed by atoms with Gasteiger partial charge in [0.2, 0.25) is 0 Å². The predicted octanol–water partition coefficient (Wildman–Crippen LogP) is 17.4. The molecule has 0 bridgehead atoms. The van der Waals surface area contributed by atoms with Crippen LogP contribution in [0, 0.1) is 20.8 Å². The zero-order valence-electron chi connectivity index (χ0n) is 35.8. The lowest BCUT2D eigenvalue weighted by Gasteiger charge is -2.32. The van der Waals surface area contributed by atoms with Crippen molar-refractivity contribution in [2.75, 3.05) is 9.80 Å². The van der Waals surface area contributed by atoms with Crippen molar-refractivity contribution in [3.8, 4) is 33.4 Å². The average molecular weight is 807 g/mol. The van der Waals surface area contributed by atoms with Crippen molar-refractivity contribution < 1.29 is 0 Å². The highest BCUT2D eigenvalue weighted by Crippen LogP contribution is 2.51. The number of hydrogen-bond donors (Lipinski definition) is 0. The van der Waals surface area contributed by atoms with Gasteiger partial charge >= 0.3 is 0 Å². The van der Waals surface area contributed by atoms with Gasteiger partial charge in [0.25, 0.3) is 0 Å². The fraction of sp³-hybridized carbons (Fsp3) is 0.0492. The molecule has 0 radical (unpaired) electrons. The highest BCUT2D eigenvalue weighted by molar-refractivity contribution is 6.30. The summed E-state index contributed by atoms with van der Waals surface area (Å²) in [6, 6.07) is 82.2. The number of anilines is 6. The van der Waals surface area contributed by atoms with Gasteiger partial charge in [0.15, 0.2) is 0 Å². The van der Waals surface area contributed by atoms with Crippen molar-refractivity contribution in [1.82, 2.24) is 0 Å². The van der Waals surface area contributed by atoms with Crippen LogP contribution in [0.4, 0.5) is 34.1 Å². The molecule has 2 nitrogen and oxygen atoms in total. The van der Waals surface area contributed by atoms with Gasteiger partial charge in [-0.25, -0.2) is 0 Å². The Bertz CT molecular complexity index is 3410. The van der Waals surface area contributed by atoms with E-state index >= 15 is 0 Å². The molecule has 300 valence electrons. The largest absolute Gasteiger partial charge is 0.310 e. The highest BCUT2D eigenvalue weighted by atomic mass is 15.2. The van der Waals surface area contributed by atoms with Gasteiger partial charge in [-0.15, -0.1) is 0 Å². The van der Waals surface area contributed by atoms with Crippen LogP contribution < -0.4 is 9.80 Å². The topological polar surface area (TPSA) is 6.48 Å². The third-order valence-corrected chi connectivity index (χ3v) is 12.8.